The largest absolute Gasteiger partial charge is 0.870 e. The third kappa shape index (κ3) is 12.7. The Labute approximate surface area is 108 Å². The van der Waals surface area contributed by atoms with Gasteiger partial charge >= 0.3 is 0 Å². The van der Waals surface area contributed by atoms with Crippen molar-refractivity contribution in [2.45, 2.75) is 0 Å². The Hall–Kier alpha value is -1.40. The number of hydrogen-bond acceptors (Lipinski definition) is 4. The maximum absolute atomic E-state index is 9.85. The van der Waals surface area contributed by atoms with Crippen LogP contribution in [0.2, 0.25) is 0 Å². The highest BCUT2D eigenvalue weighted by atomic mass is 16.3. The Balaban J connectivity index is 0. The second-order valence-corrected chi connectivity index (χ2v) is 6.68. The van der Waals surface area contributed by atoms with E-state index < -0.39 is 22.4 Å². The molecule has 0 aliphatic rings. The van der Waals surface area contributed by atoms with E-state index in [0.29, 0.717) is 0 Å². The summed E-state index contributed by atoms with van der Waals surface area (Å²) >= 11 is 0. The van der Waals surface area contributed by atoms with Crippen LogP contribution in [0.5, 0.6) is 11.5 Å². The van der Waals surface area contributed by atoms with E-state index in [1.165, 1.54) is 0 Å². The zero-order valence-corrected chi connectivity index (χ0v) is 12.5. The van der Waals surface area contributed by atoms with Crippen molar-refractivity contribution < 1.29 is 19.2 Å². The second kappa shape index (κ2) is 6.51. The van der Waals surface area contributed by atoms with Crippen LogP contribution in [0, 0.1) is 0 Å². The van der Waals surface area contributed by atoms with E-state index in [4.69, 9.17) is 0 Å². The first kappa shape index (κ1) is 19.0. The van der Waals surface area contributed by atoms with E-state index in [1.807, 2.05) is 0 Å². The van der Waals surface area contributed by atoms with Gasteiger partial charge in [-0.15, -0.1) is 0 Å². The van der Waals surface area contributed by atoms with Gasteiger partial charge in [0, 0.05) is 0 Å². The molecular weight excluding hydrogens is 236 g/mol. The Morgan fingerprint density at radius 1 is 0.611 bits per heavy atom. The smallest absolute Gasteiger partial charge is 0.216 e. The molecule has 0 amide bonds. The van der Waals surface area contributed by atoms with Crippen molar-refractivity contribution in [2.75, 3.05) is 56.4 Å². The molecule has 0 saturated heterocycles. The highest BCUT2D eigenvalue weighted by Crippen LogP contribution is 2.05. The van der Waals surface area contributed by atoms with Crippen LogP contribution < -0.4 is 21.1 Å². The van der Waals surface area contributed by atoms with Crippen LogP contribution in [-0.4, -0.2) is 65.3 Å². The third-order valence-electron chi connectivity index (χ3n) is 0.825. The molecule has 1 rings (SSSR count). The average molecular weight is 260 g/mol. The predicted molar refractivity (Wildman–Crippen MR) is 68.2 cm³/mol. The van der Waals surface area contributed by atoms with Crippen molar-refractivity contribution in [3.05, 3.63) is 20.4 Å². The van der Waals surface area contributed by atoms with Crippen LogP contribution in [0.4, 0.5) is 0 Å². The van der Waals surface area contributed by atoms with E-state index in [9.17, 15) is 19.8 Å². The van der Waals surface area contributed by atoms with Crippen molar-refractivity contribution in [1.29, 1.82) is 0 Å². The zero-order chi connectivity index (χ0) is 15.3. The normalized spacial score (nSPS) is 11.1. The Morgan fingerprint density at radius 3 is 0.778 bits per heavy atom. The summed E-state index contributed by atoms with van der Waals surface area (Å²) in [4.78, 5) is 19.7. The molecule has 0 atom stereocenters. The monoisotopic (exact) mass is 260 g/mol. The van der Waals surface area contributed by atoms with Crippen LogP contribution >= 0.6 is 0 Å². The first-order chi connectivity index (χ1) is 7.64. The fourth-order valence-corrected chi connectivity index (χ4v) is 0.350. The lowest BCUT2D eigenvalue weighted by Gasteiger charge is -2.16. The minimum Gasteiger partial charge on any atom is -0.870 e. The number of hydrogen-bond donors (Lipinski definition) is 0. The Morgan fingerprint density at radius 2 is 0.722 bits per heavy atom. The van der Waals surface area contributed by atoms with Crippen molar-refractivity contribution in [3.8, 4) is 11.5 Å². The molecule has 6 nitrogen and oxygen atoms in total. The molecule has 0 N–H and O–H groups in total. The Bertz CT molecular complexity index is 378. The third-order valence-corrected chi connectivity index (χ3v) is 0.825. The lowest BCUT2D eigenvalue weighted by molar-refractivity contribution is -0.849. The highest BCUT2D eigenvalue weighted by molar-refractivity contribution is 5.40. The highest BCUT2D eigenvalue weighted by Gasteiger charge is 2.00. The summed E-state index contributed by atoms with van der Waals surface area (Å²) in [7, 11) is 17.0. The summed E-state index contributed by atoms with van der Waals surface area (Å²) in [6.45, 7) is 0. The van der Waals surface area contributed by atoms with E-state index in [1.54, 1.807) is 0 Å². The first-order valence-electron chi connectivity index (χ1n) is 5.39. The van der Waals surface area contributed by atoms with Gasteiger partial charge in [-0.3, -0.25) is 9.59 Å². The van der Waals surface area contributed by atoms with Gasteiger partial charge in [-0.2, -0.15) is 0 Å². The van der Waals surface area contributed by atoms with E-state index in [2.05, 4.69) is 56.4 Å². The maximum Gasteiger partial charge on any atom is 0.216 e. The molecule has 0 aliphatic heterocycles. The summed E-state index contributed by atoms with van der Waals surface area (Å²) in [6, 6.07) is 0. The standard InChI is InChI=1S/2C4H12N.C4H2O4/c2*1-5(2,3)4;5-1-2(6)4(8)3(1)7/h2*1-4H3;5-6H/q2*+1;/p-2. The average Bonchev–Trinajstić information content (AvgIpc) is 2.09. The molecule has 0 unspecified atom stereocenters. The molecule has 0 bridgehead atoms. The molecule has 1 aromatic carbocycles. The summed E-state index contributed by atoms with van der Waals surface area (Å²) < 4.78 is 2.00. The zero-order valence-electron chi connectivity index (χ0n) is 12.5. The molecule has 0 radical (unpaired) electrons. The van der Waals surface area contributed by atoms with Gasteiger partial charge in [0.1, 0.15) is 0 Å². The molecule has 1 aromatic rings. The van der Waals surface area contributed by atoms with Crippen LogP contribution in [0.1, 0.15) is 0 Å². The van der Waals surface area contributed by atoms with E-state index >= 15 is 0 Å². The number of quaternary nitrogens is 2. The lowest BCUT2D eigenvalue weighted by Crippen LogP contribution is -2.37. The predicted octanol–water partition coefficient (Wildman–Crippen LogP) is -1.93. The van der Waals surface area contributed by atoms with Gasteiger partial charge in [-0.25, -0.2) is 0 Å². The second-order valence-electron chi connectivity index (χ2n) is 6.68. The SMILES string of the molecule is C[N+](C)(C)C.C[N+](C)(C)C.O=c1c([O-])c([O-])c1=O. The fraction of sp³-hybridized carbons (Fsp3) is 0.667. The summed E-state index contributed by atoms with van der Waals surface area (Å²) in [5.74, 6) is -2.37. The molecule has 0 aromatic heterocycles. The van der Waals surface area contributed by atoms with E-state index in [0.717, 1.165) is 8.97 Å². The van der Waals surface area contributed by atoms with Gasteiger partial charge in [0.05, 0.1) is 56.4 Å². The summed E-state index contributed by atoms with van der Waals surface area (Å²) in [5, 5.41) is 19.7. The van der Waals surface area contributed by atoms with Crippen molar-refractivity contribution in [1.82, 2.24) is 0 Å². The first-order valence-corrected chi connectivity index (χ1v) is 5.39. The van der Waals surface area contributed by atoms with Gasteiger partial charge < -0.3 is 19.2 Å². The lowest BCUT2D eigenvalue weighted by atomic mass is 10.2. The molecular formula is C12H24N2O4. The molecule has 0 aliphatic carbocycles. The maximum atomic E-state index is 9.85. The van der Waals surface area contributed by atoms with Crippen molar-refractivity contribution >= 4 is 0 Å². The number of nitrogens with zero attached hydrogens (tertiary/aromatic N) is 2. The quantitative estimate of drug-likeness (QED) is 0.402. The number of rotatable bonds is 0. The van der Waals surface area contributed by atoms with Gasteiger partial charge in [0.15, 0.2) is 0 Å². The fourth-order valence-electron chi connectivity index (χ4n) is 0.350. The molecule has 0 saturated carbocycles. The van der Waals surface area contributed by atoms with Crippen molar-refractivity contribution in [2.24, 2.45) is 0 Å². The van der Waals surface area contributed by atoms with Crippen LogP contribution in [-0.2, 0) is 0 Å². The van der Waals surface area contributed by atoms with Gasteiger partial charge in [0.2, 0.25) is 10.9 Å². The molecule has 0 spiro atoms. The van der Waals surface area contributed by atoms with Crippen LogP contribution in [0.15, 0.2) is 9.59 Å². The molecule has 18 heavy (non-hydrogen) atoms. The minimum absolute atomic E-state index is 1.00. The van der Waals surface area contributed by atoms with Crippen LogP contribution in [0.25, 0.3) is 0 Å². The van der Waals surface area contributed by atoms with Crippen LogP contribution in [0.3, 0.4) is 0 Å². The van der Waals surface area contributed by atoms with Gasteiger partial charge in [-0.1, -0.05) is 11.5 Å². The molecule has 0 heterocycles. The molecule has 106 valence electrons. The van der Waals surface area contributed by atoms with Crippen molar-refractivity contribution in [3.63, 3.8) is 0 Å². The molecule has 6 heteroatoms. The molecule has 0 fully saturated rings. The summed E-state index contributed by atoms with van der Waals surface area (Å²) in [6.07, 6.45) is 0. The van der Waals surface area contributed by atoms with E-state index in [-0.39, 0.29) is 0 Å². The summed E-state index contributed by atoms with van der Waals surface area (Å²) in [5.41, 5.74) is -2.37. The Kier molecular flexibility index (Phi) is 6.85. The van der Waals surface area contributed by atoms with Gasteiger partial charge in [-0.05, 0) is 0 Å². The van der Waals surface area contributed by atoms with Gasteiger partial charge in [0.25, 0.3) is 0 Å². The topological polar surface area (TPSA) is 80.3 Å². The minimum atomic E-state index is -1.19.